The van der Waals surface area contributed by atoms with Gasteiger partial charge in [-0.25, -0.2) is 0 Å². The maximum absolute atomic E-state index is 9.81. The Morgan fingerprint density at radius 1 is 1.00 bits per heavy atom. The van der Waals surface area contributed by atoms with Crippen LogP contribution in [-0.2, 0) is 4.79 Å². The molecule has 0 aromatic rings. The number of unbranched alkanes of at least 4 members (excludes halogenated alkanes) is 5. The van der Waals surface area contributed by atoms with Gasteiger partial charge in [0.05, 0.1) is 0 Å². The predicted octanol–water partition coefficient (Wildman–Crippen LogP) is 4.48. The van der Waals surface area contributed by atoms with Gasteiger partial charge in [-0.05, 0) is 5.92 Å². The number of hydrogen-bond donors (Lipinski definition) is 1. The molecular formula is C13H28O2. The first-order chi connectivity index (χ1) is 7.04. The number of carboxylic acids is 1. The predicted molar refractivity (Wildman–Crippen MR) is 66.1 cm³/mol. The lowest BCUT2D eigenvalue weighted by atomic mass is 10.1. The van der Waals surface area contributed by atoms with Crippen molar-refractivity contribution in [1.29, 1.82) is 0 Å². The lowest BCUT2D eigenvalue weighted by molar-refractivity contribution is -0.137. The molecule has 0 radical (unpaired) electrons. The molecule has 0 aliphatic carbocycles. The summed E-state index contributed by atoms with van der Waals surface area (Å²) in [6, 6.07) is 0. The van der Waals surface area contributed by atoms with E-state index in [0.29, 0.717) is 0 Å². The van der Waals surface area contributed by atoms with Gasteiger partial charge in [-0.1, -0.05) is 66.2 Å². The number of hydrogen-bond acceptors (Lipinski definition) is 1. The minimum atomic E-state index is -0.713. The van der Waals surface area contributed by atoms with Crippen molar-refractivity contribution in [3.63, 3.8) is 0 Å². The minimum Gasteiger partial charge on any atom is -0.481 e. The van der Waals surface area contributed by atoms with E-state index < -0.39 is 5.97 Å². The van der Waals surface area contributed by atoms with Gasteiger partial charge in [0.1, 0.15) is 0 Å². The van der Waals surface area contributed by atoms with E-state index in [9.17, 15) is 4.79 Å². The molecular weight excluding hydrogens is 188 g/mol. The molecule has 0 heterocycles. The summed E-state index contributed by atoms with van der Waals surface area (Å²) in [5.74, 6) is -0.438. The van der Waals surface area contributed by atoms with Crippen LogP contribution in [0.2, 0.25) is 0 Å². The third-order valence-corrected chi connectivity index (χ3v) is 2.04. The summed E-state index contributed by atoms with van der Waals surface area (Å²) in [7, 11) is 0. The van der Waals surface area contributed by atoms with Gasteiger partial charge in [-0.2, -0.15) is 0 Å². The zero-order chi connectivity index (χ0) is 12.1. The number of carbonyl (C=O) groups is 1. The van der Waals surface area contributed by atoms with E-state index in [-0.39, 0.29) is 12.3 Å². The molecule has 0 aromatic heterocycles. The Morgan fingerprint density at radius 2 is 1.40 bits per heavy atom. The molecule has 0 aromatic carbocycles. The molecule has 0 fully saturated rings. The Morgan fingerprint density at radius 3 is 1.53 bits per heavy atom. The summed E-state index contributed by atoms with van der Waals surface area (Å²) in [6.45, 7) is 8.28. The average molecular weight is 216 g/mol. The van der Waals surface area contributed by atoms with Crippen molar-refractivity contribution < 1.29 is 9.90 Å². The topological polar surface area (TPSA) is 37.3 Å². The Balaban J connectivity index is 0. The van der Waals surface area contributed by atoms with Gasteiger partial charge < -0.3 is 5.11 Å². The van der Waals surface area contributed by atoms with E-state index >= 15 is 0 Å². The van der Waals surface area contributed by atoms with Crippen LogP contribution in [-0.4, -0.2) is 11.1 Å². The van der Waals surface area contributed by atoms with Gasteiger partial charge in [0, 0.05) is 6.42 Å². The number of rotatable bonds is 7. The van der Waals surface area contributed by atoms with Crippen LogP contribution in [0.25, 0.3) is 0 Å². The molecule has 2 heteroatoms. The molecule has 2 nitrogen and oxygen atoms in total. The lowest BCUT2D eigenvalue weighted by Crippen LogP contribution is -1.99. The number of carboxylic acid groups (broad SMARTS) is 1. The molecule has 92 valence electrons. The highest BCUT2D eigenvalue weighted by Gasteiger charge is 1.98. The highest BCUT2D eigenvalue weighted by Crippen LogP contribution is 2.03. The summed E-state index contributed by atoms with van der Waals surface area (Å²) < 4.78 is 0. The maximum atomic E-state index is 9.81. The van der Waals surface area contributed by atoms with Gasteiger partial charge in [0.25, 0.3) is 0 Å². The van der Waals surface area contributed by atoms with Crippen LogP contribution in [0.3, 0.4) is 0 Å². The molecule has 0 bridgehead atoms. The first-order valence-corrected chi connectivity index (χ1v) is 6.26. The smallest absolute Gasteiger partial charge is 0.303 e. The maximum Gasteiger partial charge on any atom is 0.303 e. The standard InChI is InChI=1S/C8H18.C5H10O2/c1-3-5-7-8-6-4-2;1-4(2)3-5(6)7/h3-8H2,1-2H3;4H,3H2,1-2H3,(H,6,7). The summed E-state index contributed by atoms with van der Waals surface area (Å²) >= 11 is 0. The molecule has 0 saturated carbocycles. The van der Waals surface area contributed by atoms with Crippen molar-refractivity contribution in [1.82, 2.24) is 0 Å². The van der Waals surface area contributed by atoms with Crippen LogP contribution in [0, 0.1) is 5.92 Å². The SMILES string of the molecule is CC(C)CC(=O)O.CCCCCCCC. The zero-order valence-electron chi connectivity index (χ0n) is 10.9. The van der Waals surface area contributed by atoms with E-state index in [2.05, 4.69) is 13.8 Å². The first kappa shape index (κ1) is 16.9. The van der Waals surface area contributed by atoms with E-state index in [1.165, 1.54) is 38.5 Å². The van der Waals surface area contributed by atoms with E-state index in [4.69, 9.17) is 5.11 Å². The normalized spacial score (nSPS) is 9.67. The van der Waals surface area contributed by atoms with Gasteiger partial charge in [0.15, 0.2) is 0 Å². The largest absolute Gasteiger partial charge is 0.481 e. The fraction of sp³-hybridized carbons (Fsp3) is 0.923. The second-order valence-electron chi connectivity index (χ2n) is 4.41. The first-order valence-electron chi connectivity index (χ1n) is 6.26. The second kappa shape index (κ2) is 13.5. The van der Waals surface area contributed by atoms with Gasteiger partial charge in [-0.3, -0.25) is 4.79 Å². The molecule has 0 rings (SSSR count). The Labute approximate surface area is 95.1 Å². The Bertz CT molecular complexity index is 124. The van der Waals surface area contributed by atoms with Crippen molar-refractivity contribution in [3.05, 3.63) is 0 Å². The van der Waals surface area contributed by atoms with Gasteiger partial charge >= 0.3 is 5.97 Å². The number of aliphatic carboxylic acids is 1. The monoisotopic (exact) mass is 216 g/mol. The molecule has 0 unspecified atom stereocenters. The van der Waals surface area contributed by atoms with Gasteiger partial charge in [0.2, 0.25) is 0 Å². The lowest BCUT2D eigenvalue weighted by Gasteiger charge is -1.94. The summed E-state index contributed by atoms with van der Waals surface area (Å²) in [6.07, 6.45) is 8.77. The quantitative estimate of drug-likeness (QED) is 0.637. The van der Waals surface area contributed by atoms with Gasteiger partial charge in [-0.15, -0.1) is 0 Å². The summed E-state index contributed by atoms with van der Waals surface area (Å²) in [5, 5.41) is 8.08. The van der Waals surface area contributed by atoms with Crippen molar-refractivity contribution >= 4 is 5.97 Å². The molecule has 0 saturated heterocycles. The molecule has 1 N–H and O–H groups in total. The van der Waals surface area contributed by atoms with Crippen LogP contribution in [0.5, 0.6) is 0 Å². The molecule has 0 amide bonds. The van der Waals surface area contributed by atoms with Crippen LogP contribution in [0.1, 0.15) is 72.6 Å². The minimum absolute atomic E-state index is 0.275. The fourth-order valence-corrected chi connectivity index (χ4v) is 1.20. The summed E-state index contributed by atoms with van der Waals surface area (Å²) in [5.41, 5.74) is 0. The Kier molecular flexibility index (Phi) is 15.2. The van der Waals surface area contributed by atoms with Crippen molar-refractivity contribution in [2.24, 2.45) is 5.92 Å². The molecule has 0 spiro atoms. The molecule has 0 atom stereocenters. The third-order valence-electron chi connectivity index (χ3n) is 2.04. The summed E-state index contributed by atoms with van der Waals surface area (Å²) in [4.78, 5) is 9.81. The van der Waals surface area contributed by atoms with Crippen molar-refractivity contribution in [2.75, 3.05) is 0 Å². The van der Waals surface area contributed by atoms with Crippen LogP contribution in [0.15, 0.2) is 0 Å². The van der Waals surface area contributed by atoms with E-state index in [1.807, 2.05) is 13.8 Å². The molecule has 0 aliphatic heterocycles. The Hall–Kier alpha value is -0.530. The van der Waals surface area contributed by atoms with Crippen molar-refractivity contribution in [2.45, 2.75) is 72.6 Å². The molecule has 15 heavy (non-hydrogen) atoms. The van der Waals surface area contributed by atoms with E-state index in [0.717, 1.165) is 0 Å². The average Bonchev–Trinajstić information content (AvgIpc) is 2.11. The van der Waals surface area contributed by atoms with Crippen LogP contribution < -0.4 is 0 Å². The van der Waals surface area contributed by atoms with Crippen LogP contribution in [0.4, 0.5) is 0 Å². The van der Waals surface area contributed by atoms with Crippen LogP contribution >= 0.6 is 0 Å². The third kappa shape index (κ3) is 24.7. The second-order valence-corrected chi connectivity index (χ2v) is 4.41. The molecule has 0 aliphatic rings. The van der Waals surface area contributed by atoms with E-state index in [1.54, 1.807) is 0 Å². The zero-order valence-corrected chi connectivity index (χ0v) is 10.9. The fourth-order valence-electron chi connectivity index (χ4n) is 1.20. The highest BCUT2D eigenvalue weighted by atomic mass is 16.4. The highest BCUT2D eigenvalue weighted by molar-refractivity contribution is 5.66. The van der Waals surface area contributed by atoms with Crippen molar-refractivity contribution in [3.8, 4) is 0 Å².